The molecule has 1 aromatic rings. The Labute approximate surface area is 122 Å². The minimum Gasteiger partial charge on any atom is -0.115 e. The molecule has 0 radical (unpaired) electrons. The molecule has 4 bridgehead atoms. The molecule has 0 spiro atoms. The smallest absolute Gasteiger partial charge is 0.0257 e. The lowest BCUT2D eigenvalue weighted by atomic mass is 9.48. The minimum atomic E-state index is 0.382. The largest absolute Gasteiger partial charge is 0.115 e. The molecule has 4 aliphatic rings. The van der Waals surface area contributed by atoms with E-state index in [1.165, 1.54) is 44.1 Å². The number of hydrogen-bond acceptors (Lipinski definition) is 0. The highest BCUT2D eigenvalue weighted by Gasteiger charge is 2.51. The molecule has 20 heavy (non-hydrogen) atoms. The van der Waals surface area contributed by atoms with Crippen LogP contribution >= 0.6 is 0 Å². The van der Waals surface area contributed by atoms with Gasteiger partial charge in [0, 0.05) is 11.1 Å². The summed E-state index contributed by atoms with van der Waals surface area (Å²) in [6, 6.07) is 6.42. The van der Waals surface area contributed by atoms with Crippen molar-refractivity contribution in [3.8, 4) is 24.7 Å². The number of terminal acetylenes is 2. The van der Waals surface area contributed by atoms with Crippen molar-refractivity contribution in [2.75, 3.05) is 0 Å². The molecule has 0 heterocycles. The number of benzene rings is 1. The van der Waals surface area contributed by atoms with Crippen molar-refractivity contribution < 1.29 is 0 Å². The lowest BCUT2D eigenvalue weighted by Crippen LogP contribution is -2.48. The summed E-state index contributed by atoms with van der Waals surface area (Å²) in [5.74, 6) is 8.40. The normalized spacial score (nSPS) is 37.4. The van der Waals surface area contributed by atoms with Gasteiger partial charge in [-0.1, -0.05) is 11.8 Å². The van der Waals surface area contributed by atoms with E-state index in [2.05, 4.69) is 24.0 Å². The van der Waals surface area contributed by atoms with Gasteiger partial charge in [-0.05, 0) is 85.5 Å². The van der Waals surface area contributed by atoms with Crippen molar-refractivity contribution in [2.45, 2.75) is 43.9 Å². The SMILES string of the molecule is C#Cc1cc(C#C)cc(C23CC4CC(CC(C4)C2)C3)c1. The fraction of sp³-hybridized carbons (Fsp3) is 0.500. The second-order valence-electron chi connectivity index (χ2n) is 7.29. The molecule has 0 nitrogen and oxygen atoms in total. The summed E-state index contributed by atoms with van der Waals surface area (Å²) in [6.45, 7) is 0. The molecule has 4 aliphatic carbocycles. The second kappa shape index (κ2) is 4.17. The summed E-state index contributed by atoms with van der Waals surface area (Å²) in [4.78, 5) is 0. The van der Waals surface area contributed by atoms with Gasteiger partial charge in [0.1, 0.15) is 0 Å². The summed E-state index contributed by atoms with van der Waals surface area (Å²) in [5.41, 5.74) is 3.71. The van der Waals surface area contributed by atoms with E-state index in [9.17, 15) is 0 Å². The van der Waals surface area contributed by atoms with Crippen molar-refractivity contribution in [3.63, 3.8) is 0 Å². The molecule has 1 aromatic carbocycles. The van der Waals surface area contributed by atoms with Gasteiger partial charge in [-0.3, -0.25) is 0 Å². The predicted octanol–water partition coefficient (Wildman–Crippen LogP) is 4.12. The molecule has 0 atom stereocenters. The van der Waals surface area contributed by atoms with Crippen LogP contribution in [0.2, 0.25) is 0 Å². The van der Waals surface area contributed by atoms with Gasteiger partial charge in [-0.25, -0.2) is 0 Å². The Kier molecular flexibility index (Phi) is 2.52. The Morgan fingerprint density at radius 3 is 1.65 bits per heavy atom. The zero-order chi connectivity index (χ0) is 13.7. The van der Waals surface area contributed by atoms with Crippen molar-refractivity contribution in [1.82, 2.24) is 0 Å². The molecule has 100 valence electrons. The zero-order valence-corrected chi connectivity index (χ0v) is 11.9. The highest BCUT2D eigenvalue weighted by Crippen LogP contribution is 2.60. The molecule has 0 unspecified atom stereocenters. The number of hydrogen-bond donors (Lipinski definition) is 0. The van der Waals surface area contributed by atoms with Gasteiger partial charge in [-0.2, -0.15) is 0 Å². The number of rotatable bonds is 1. The molecule has 0 amide bonds. The third-order valence-corrected chi connectivity index (χ3v) is 5.92. The third-order valence-electron chi connectivity index (χ3n) is 5.92. The maximum atomic E-state index is 5.62. The van der Waals surface area contributed by atoms with Crippen molar-refractivity contribution in [3.05, 3.63) is 34.9 Å². The molecular formula is C20H20. The van der Waals surface area contributed by atoms with E-state index in [0.29, 0.717) is 5.41 Å². The molecule has 0 heteroatoms. The van der Waals surface area contributed by atoms with Crippen LogP contribution in [0, 0.1) is 42.4 Å². The standard InChI is InChI=1S/C20H20/c1-3-14-5-15(4-2)10-19(9-14)20-11-16-6-17(12-20)8-18(7-16)13-20/h1-2,5,9-10,16-18H,6-8,11-13H2. The van der Waals surface area contributed by atoms with E-state index in [1.807, 2.05) is 6.07 Å². The van der Waals surface area contributed by atoms with E-state index < -0.39 is 0 Å². The van der Waals surface area contributed by atoms with E-state index >= 15 is 0 Å². The van der Waals surface area contributed by atoms with Crippen molar-refractivity contribution in [2.24, 2.45) is 17.8 Å². The van der Waals surface area contributed by atoms with Gasteiger partial charge in [0.2, 0.25) is 0 Å². The highest BCUT2D eigenvalue weighted by molar-refractivity contribution is 5.48. The molecule has 0 aliphatic heterocycles. The average Bonchev–Trinajstić information content (AvgIpc) is 2.45. The Bertz CT molecular complexity index is 567. The third kappa shape index (κ3) is 1.72. The minimum absolute atomic E-state index is 0.382. The van der Waals surface area contributed by atoms with Gasteiger partial charge in [-0.15, -0.1) is 12.8 Å². The zero-order valence-electron chi connectivity index (χ0n) is 11.9. The van der Waals surface area contributed by atoms with Crippen LogP contribution in [-0.4, -0.2) is 0 Å². The van der Waals surface area contributed by atoms with Crippen LogP contribution in [0.25, 0.3) is 0 Å². The Morgan fingerprint density at radius 2 is 1.25 bits per heavy atom. The van der Waals surface area contributed by atoms with E-state index in [1.54, 1.807) is 0 Å². The van der Waals surface area contributed by atoms with Crippen LogP contribution < -0.4 is 0 Å². The van der Waals surface area contributed by atoms with Gasteiger partial charge in [0.05, 0.1) is 0 Å². The van der Waals surface area contributed by atoms with Crippen LogP contribution in [0.15, 0.2) is 18.2 Å². The fourth-order valence-corrected chi connectivity index (χ4v) is 5.56. The molecule has 4 fully saturated rings. The van der Waals surface area contributed by atoms with Crippen molar-refractivity contribution >= 4 is 0 Å². The summed E-state index contributed by atoms with van der Waals surface area (Å²) in [6.07, 6.45) is 19.7. The quantitative estimate of drug-likeness (QED) is 0.666. The van der Waals surface area contributed by atoms with E-state index in [4.69, 9.17) is 12.8 Å². The molecule has 0 aromatic heterocycles. The molecule has 5 rings (SSSR count). The first-order chi connectivity index (χ1) is 9.70. The monoisotopic (exact) mass is 260 g/mol. The van der Waals surface area contributed by atoms with Crippen LogP contribution in [-0.2, 0) is 5.41 Å². The van der Waals surface area contributed by atoms with Gasteiger partial charge >= 0.3 is 0 Å². The topological polar surface area (TPSA) is 0 Å². The van der Waals surface area contributed by atoms with Crippen LogP contribution in [0.1, 0.15) is 55.2 Å². The first-order valence-electron chi connectivity index (χ1n) is 7.79. The van der Waals surface area contributed by atoms with Crippen molar-refractivity contribution in [1.29, 1.82) is 0 Å². The Balaban J connectivity index is 1.81. The highest BCUT2D eigenvalue weighted by atomic mass is 14.6. The second-order valence-corrected chi connectivity index (χ2v) is 7.29. The predicted molar refractivity (Wildman–Crippen MR) is 82.2 cm³/mol. The van der Waals surface area contributed by atoms with E-state index in [0.717, 1.165) is 28.9 Å². The van der Waals surface area contributed by atoms with Gasteiger partial charge in [0.15, 0.2) is 0 Å². The summed E-state index contributed by atoms with van der Waals surface area (Å²) in [5, 5.41) is 0. The Morgan fingerprint density at radius 1 is 0.800 bits per heavy atom. The lowest BCUT2D eigenvalue weighted by Gasteiger charge is -2.57. The van der Waals surface area contributed by atoms with Crippen LogP contribution in [0.4, 0.5) is 0 Å². The summed E-state index contributed by atoms with van der Waals surface area (Å²) < 4.78 is 0. The summed E-state index contributed by atoms with van der Waals surface area (Å²) >= 11 is 0. The molecule has 0 N–H and O–H groups in total. The average molecular weight is 260 g/mol. The fourth-order valence-electron chi connectivity index (χ4n) is 5.56. The summed E-state index contributed by atoms with van der Waals surface area (Å²) in [7, 11) is 0. The maximum Gasteiger partial charge on any atom is 0.0257 e. The molecular weight excluding hydrogens is 240 g/mol. The first-order valence-corrected chi connectivity index (χ1v) is 7.79. The lowest BCUT2D eigenvalue weighted by molar-refractivity contribution is -0.00520. The maximum absolute atomic E-state index is 5.62. The molecule has 4 saturated carbocycles. The van der Waals surface area contributed by atoms with Crippen LogP contribution in [0.3, 0.4) is 0 Å². The first kappa shape index (κ1) is 12.1. The van der Waals surface area contributed by atoms with Gasteiger partial charge < -0.3 is 0 Å². The van der Waals surface area contributed by atoms with Crippen LogP contribution in [0.5, 0.6) is 0 Å². The van der Waals surface area contributed by atoms with Gasteiger partial charge in [0.25, 0.3) is 0 Å². The Hall–Kier alpha value is -1.66. The molecule has 0 saturated heterocycles. The van der Waals surface area contributed by atoms with E-state index in [-0.39, 0.29) is 0 Å².